The summed E-state index contributed by atoms with van der Waals surface area (Å²) in [6.07, 6.45) is 5.35. The Morgan fingerprint density at radius 1 is 1.29 bits per heavy atom. The van der Waals surface area contributed by atoms with Crippen molar-refractivity contribution >= 4 is 15.9 Å². The average molecular weight is 299 g/mol. The highest BCUT2D eigenvalue weighted by Gasteiger charge is 2.23. The van der Waals surface area contributed by atoms with Gasteiger partial charge in [0.2, 0.25) is 0 Å². The van der Waals surface area contributed by atoms with E-state index in [-0.39, 0.29) is 0 Å². The van der Waals surface area contributed by atoms with E-state index < -0.39 is 0 Å². The molecule has 0 amide bonds. The molecule has 2 nitrogen and oxygen atoms in total. The van der Waals surface area contributed by atoms with Crippen LogP contribution < -0.4 is 4.74 Å². The Hall–Kier alpha value is -0.540. The molecule has 2 unspecified atom stereocenters. The van der Waals surface area contributed by atoms with E-state index in [4.69, 9.17) is 9.47 Å². The van der Waals surface area contributed by atoms with Crippen LogP contribution in [-0.2, 0) is 11.3 Å². The van der Waals surface area contributed by atoms with Crippen LogP contribution in [0, 0.1) is 0 Å². The number of hydrogen-bond donors (Lipinski definition) is 0. The number of benzene rings is 1. The van der Waals surface area contributed by atoms with Gasteiger partial charge < -0.3 is 9.47 Å². The lowest BCUT2D eigenvalue weighted by Gasteiger charge is -2.27. The van der Waals surface area contributed by atoms with Crippen LogP contribution in [0.1, 0.15) is 31.2 Å². The number of rotatable bonds is 4. The maximum atomic E-state index is 5.98. The Morgan fingerprint density at radius 3 is 2.88 bits per heavy atom. The quantitative estimate of drug-likeness (QED) is 0.785. The smallest absolute Gasteiger partial charge is 0.119 e. The summed E-state index contributed by atoms with van der Waals surface area (Å²) >= 11 is 3.71. The molecule has 0 radical (unpaired) electrons. The highest BCUT2D eigenvalue weighted by molar-refractivity contribution is 9.09. The SMILES string of the molecule is COc1cccc(COC2CCCCC2Br)c1. The highest BCUT2D eigenvalue weighted by atomic mass is 79.9. The Kier molecular flexibility index (Phi) is 4.86. The third-order valence-corrected chi connectivity index (χ3v) is 4.27. The normalized spacial score (nSPS) is 24.6. The lowest BCUT2D eigenvalue weighted by atomic mass is 9.97. The van der Waals surface area contributed by atoms with Crippen LogP contribution in [0.15, 0.2) is 24.3 Å². The van der Waals surface area contributed by atoms with E-state index in [1.54, 1.807) is 7.11 Å². The number of halogens is 1. The van der Waals surface area contributed by atoms with Crippen molar-refractivity contribution in [3.05, 3.63) is 29.8 Å². The molecule has 2 atom stereocenters. The Balaban J connectivity index is 1.88. The van der Waals surface area contributed by atoms with E-state index in [0.717, 1.165) is 5.75 Å². The van der Waals surface area contributed by atoms with Crippen molar-refractivity contribution in [2.24, 2.45) is 0 Å². The van der Waals surface area contributed by atoms with Crippen LogP contribution in [0.5, 0.6) is 5.75 Å². The number of ether oxygens (including phenoxy) is 2. The van der Waals surface area contributed by atoms with E-state index in [9.17, 15) is 0 Å². The van der Waals surface area contributed by atoms with E-state index in [2.05, 4.69) is 22.0 Å². The maximum absolute atomic E-state index is 5.98. The summed E-state index contributed by atoms with van der Waals surface area (Å²) in [5.74, 6) is 0.894. The summed E-state index contributed by atoms with van der Waals surface area (Å²) in [6.45, 7) is 0.671. The fraction of sp³-hybridized carbons (Fsp3) is 0.571. The molecule has 1 aliphatic rings. The lowest BCUT2D eigenvalue weighted by Crippen LogP contribution is -2.27. The van der Waals surface area contributed by atoms with Crippen molar-refractivity contribution in [2.75, 3.05) is 7.11 Å². The predicted molar refractivity (Wildman–Crippen MR) is 72.8 cm³/mol. The summed E-state index contributed by atoms with van der Waals surface area (Å²) in [7, 11) is 1.69. The second kappa shape index (κ2) is 6.41. The van der Waals surface area contributed by atoms with Gasteiger partial charge in [-0.25, -0.2) is 0 Å². The zero-order valence-corrected chi connectivity index (χ0v) is 11.8. The van der Waals surface area contributed by atoms with Crippen LogP contribution >= 0.6 is 15.9 Å². The first kappa shape index (κ1) is 12.9. The fourth-order valence-electron chi connectivity index (χ4n) is 2.20. The van der Waals surface area contributed by atoms with Gasteiger partial charge in [0.05, 0.1) is 19.8 Å². The molecule has 1 aromatic carbocycles. The molecule has 0 saturated heterocycles. The topological polar surface area (TPSA) is 18.5 Å². The predicted octanol–water partition coefficient (Wildman–Crippen LogP) is 3.92. The van der Waals surface area contributed by atoms with Crippen molar-refractivity contribution in [2.45, 2.75) is 43.2 Å². The largest absolute Gasteiger partial charge is 0.497 e. The summed E-state index contributed by atoms with van der Waals surface area (Å²) in [5.41, 5.74) is 1.18. The van der Waals surface area contributed by atoms with Gasteiger partial charge in [-0.2, -0.15) is 0 Å². The van der Waals surface area contributed by atoms with Gasteiger partial charge in [-0.15, -0.1) is 0 Å². The first-order chi connectivity index (χ1) is 8.29. The molecule has 1 saturated carbocycles. The molecule has 17 heavy (non-hydrogen) atoms. The third kappa shape index (κ3) is 3.71. The molecule has 0 bridgehead atoms. The van der Waals surface area contributed by atoms with Crippen LogP contribution in [0.25, 0.3) is 0 Å². The molecule has 0 heterocycles. The molecular formula is C14H19BrO2. The Labute approximate surface area is 111 Å². The second-order valence-electron chi connectivity index (χ2n) is 4.50. The summed E-state index contributed by atoms with van der Waals surface area (Å²) < 4.78 is 11.2. The highest BCUT2D eigenvalue weighted by Crippen LogP contribution is 2.27. The summed E-state index contributed by atoms with van der Waals surface area (Å²) in [5, 5.41) is 0. The van der Waals surface area contributed by atoms with Gasteiger partial charge in [-0.05, 0) is 30.5 Å². The third-order valence-electron chi connectivity index (χ3n) is 3.22. The minimum atomic E-state index is 0.356. The van der Waals surface area contributed by atoms with Gasteiger partial charge in [0.15, 0.2) is 0 Å². The first-order valence-electron chi connectivity index (χ1n) is 6.18. The van der Waals surface area contributed by atoms with Gasteiger partial charge in [0, 0.05) is 4.83 Å². The Bertz CT molecular complexity index is 354. The minimum Gasteiger partial charge on any atom is -0.497 e. The van der Waals surface area contributed by atoms with E-state index in [1.165, 1.54) is 31.2 Å². The van der Waals surface area contributed by atoms with Crippen molar-refractivity contribution in [3.8, 4) is 5.75 Å². The van der Waals surface area contributed by atoms with Gasteiger partial charge in [-0.1, -0.05) is 40.9 Å². The molecule has 1 aliphatic carbocycles. The second-order valence-corrected chi connectivity index (χ2v) is 5.68. The van der Waals surface area contributed by atoms with Gasteiger partial charge in [-0.3, -0.25) is 0 Å². The van der Waals surface area contributed by atoms with Crippen molar-refractivity contribution < 1.29 is 9.47 Å². The molecule has 0 N–H and O–H groups in total. The molecule has 0 aromatic heterocycles. The Morgan fingerprint density at radius 2 is 2.12 bits per heavy atom. The van der Waals surface area contributed by atoms with Crippen LogP contribution in [0.2, 0.25) is 0 Å². The summed E-state index contributed by atoms with van der Waals surface area (Å²) in [4.78, 5) is 0.516. The zero-order valence-electron chi connectivity index (χ0n) is 10.2. The molecule has 1 aromatic rings. The molecular weight excluding hydrogens is 280 g/mol. The molecule has 0 aliphatic heterocycles. The van der Waals surface area contributed by atoms with Crippen LogP contribution in [0.4, 0.5) is 0 Å². The number of methoxy groups -OCH3 is 1. The monoisotopic (exact) mass is 298 g/mol. The van der Waals surface area contributed by atoms with Crippen molar-refractivity contribution in [1.29, 1.82) is 0 Å². The van der Waals surface area contributed by atoms with Crippen LogP contribution in [0.3, 0.4) is 0 Å². The van der Waals surface area contributed by atoms with Crippen LogP contribution in [-0.4, -0.2) is 18.0 Å². The standard InChI is InChI=1S/C14H19BrO2/c1-16-12-6-4-5-11(9-12)10-17-14-8-3-2-7-13(14)15/h4-6,9,13-14H,2-3,7-8,10H2,1H3. The summed E-state index contributed by atoms with van der Waals surface area (Å²) in [6, 6.07) is 8.07. The minimum absolute atomic E-state index is 0.356. The van der Waals surface area contributed by atoms with E-state index in [1.807, 2.05) is 18.2 Å². The van der Waals surface area contributed by atoms with Gasteiger partial charge in [0.1, 0.15) is 5.75 Å². The molecule has 0 spiro atoms. The maximum Gasteiger partial charge on any atom is 0.119 e. The van der Waals surface area contributed by atoms with E-state index in [0.29, 0.717) is 17.5 Å². The van der Waals surface area contributed by atoms with Crippen molar-refractivity contribution in [3.63, 3.8) is 0 Å². The van der Waals surface area contributed by atoms with E-state index >= 15 is 0 Å². The average Bonchev–Trinajstić information content (AvgIpc) is 2.38. The number of hydrogen-bond acceptors (Lipinski definition) is 2. The molecule has 1 fully saturated rings. The fourth-order valence-corrected chi connectivity index (χ4v) is 2.95. The molecule has 2 rings (SSSR count). The first-order valence-corrected chi connectivity index (χ1v) is 7.10. The lowest BCUT2D eigenvalue weighted by molar-refractivity contribution is 0.0226. The molecule has 94 valence electrons. The zero-order chi connectivity index (χ0) is 12.1. The van der Waals surface area contributed by atoms with Crippen molar-refractivity contribution in [1.82, 2.24) is 0 Å². The molecule has 3 heteroatoms. The van der Waals surface area contributed by atoms with Gasteiger partial charge in [0.25, 0.3) is 0 Å². The number of alkyl halides is 1. The van der Waals surface area contributed by atoms with Gasteiger partial charge >= 0.3 is 0 Å².